The van der Waals surface area contributed by atoms with Crippen molar-refractivity contribution in [3.8, 4) is 11.1 Å². The van der Waals surface area contributed by atoms with Crippen molar-refractivity contribution in [2.24, 2.45) is 0 Å². The Labute approximate surface area is 179 Å². The zero-order valence-corrected chi connectivity index (χ0v) is 17.1. The van der Waals surface area contributed by atoms with Gasteiger partial charge in [0, 0.05) is 31.5 Å². The third-order valence-corrected chi connectivity index (χ3v) is 6.75. The Morgan fingerprint density at radius 3 is 1.90 bits per heavy atom. The molecule has 0 unspecified atom stereocenters. The second-order valence-electron chi connectivity index (χ2n) is 7.58. The van der Waals surface area contributed by atoms with E-state index in [0.29, 0.717) is 0 Å². The minimum atomic E-state index is 1.10. The second-order valence-corrected chi connectivity index (χ2v) is 8.66. The van der Waals surface area contributed by atoms with Gasteiger partial charge in [-0.05, 0) is 64.4 Å². The molecule has 1 N–H and O–H groups in total. The molecular formula is C28H19NS. The third-order valence-electron chi connectivity index (χ3n) is 5.62. The van der Waals surface area contributed by atoms with Crippen molar-refractivity contribution in [1.29, 1.82) is 0 Å². The molecule has 0 aliphatic carbocycles. The van der Waals surface area contributed by atoms with E-state index in [2.05, 4.69) is 108 Å². The molecule has 0 radical (unpaired) electrons. The summed E-state index contributed by atoms with van der Waals surface area (Å²) in [5, 5.41) is 8.80. The van der Waals surface area contributed by atoms with E-state index >= 15 is 0 Å². The van der Waals surface area contributed by atoms with Gasteiger partial charge in [0.05, 0.1) is 0 Å². The maximum absolute atomic E-state index is 3.57. The first-order valence-corrected chi connectivity index (χ1v) is 10.9. The summed E-state index contributed by atoms with van der Waals surface area (Å²) in [6.07, 6.45) is 0. The molecule has 0 aliphatic rings. The normalized spacial score (nSPS) is 11.3. The third kappa shape index (κ3) is 3.02. The van der Waals surface area contributed by atoms with Crippen LogP contribution in [0.25, 0.3) is 42.1 Å². The Kier molecular flexibility index (Phi) is 4.03. The van der Waals surface area contributed by atoms with Crippen molar-refractivity contribution < 1.29 is 0 Å². The monoisotopic (exact) mass is 401 g/mol. The zero-order chi connectivity index (χ0) is 19.9. The Bertz CT molecular complexity index is 1490. The largest absolute Gasteiger partial charge is 0.356 e. The molecule has 6 aromatic rings. The first kappa shape index (κ1) is 17.3. The van der Waals surface area contributed by atoms with Crippen LogP contribution in [0.1, 0.15) is 0 Å². The summed E-state index contributed by atoms with van der Waals surface area (Å²) in [7, 11) is 0. The molecule has 2 heteroatoms. The van der Waals surface area contributed by atoms with Crippen molar-refractivity contribution in [2.75, 3.05) is 5.32 Å². The molecule has 0 saturated heterocycles. The maximum Gasteiger partial charge on any atom is 0.0391 e. The van der Waals surface area contributed by atoms with Crippen LogP contribution < -0.4 is 5.32 Å². The molecule has 0 bridgehead atoms. The standard InChI is InChI=1S/C28H19NS/c1-2-6-19(7-3-1)20-10-12-23(13-11-20)29-24-14-15-27-26(18-24)25-16-21-8-4-5-9-22(21)17-28(25)30-27/h1-18,29H. The van der Waals surface area contributed by atoms with Gasteiger partial charge in [0.2, 0.25) is 0 Å². The van der Waals surface area contributed by atoms with Crippen molar-refractivity contribution in [3.05, 3.63) is 109 Å². The first-order chi connectivity index (χ1) is 14.8. The van der Waals surface area contributed by atoms with Crippen LogP contribution in [0.2, 0.25) is 0 Å². The predicted octanol–water partition coefficient (Wildman–Crippen LogP) is 8.62. The van der Waals surface area contributed by atoms with Crippen LogP contribution in [0.15, 0.2) is 109 Å². The Balaban J connectivity index is 1.36. The smallest absolute Gasteiger partial charge is 0.0391 e. The summed E-state index contributed by atoms with van der Waals surface area (Å²) >= 11 is 1.86. The van der Waals surface area contributed by atoms with E-state index in [1.807, 2.05) is 17.4 Å². The van der Waals surface area contributed by atoms with Crippen molar-refractivity contribution >= 4 is 53.7 Å². The number of anilines is 2. The van der Waals surface area contributed by atoms with Crippen molar-refractivity contribution in [2.45, 2.75) is 0 Å². The lowest BCUT2D eigenvalue weighted by Gasteiger charge is -2.08. The highest BCUT2D eigenvalue weighted by molar-refractivity contribution is 7.25. The summed E-state index contributed by atoms with van der Waals surface area (Å²) in [5.41, 5.74) is 4.68. The fourth-order valence-corrected chi connectivity index (χ4v) is 5.20. The van der Waals surface area contributed by atoms with Crippen LogP contribution in [0, 0.1) is 0 Å². The molecule has 0 amide bonds. The van der Waals surface area contributed by atoms with Gasteiger partial charge in [-0.15, -0.1) is 11.3 Å². The number of fused-ring (bicyclic) bond motifs is 4. The van der Waals surface area contributed by atoms with Crippen LogP contribution in [-0.4, -0.2) is 0 Å². The van der Waals surface area contributed by atoms with Gasteiger partial charge in [-0.1, -0.05) is 66.7 Å². The molecule has 1 nitrogen and oxygen atoms in total. The molecule has 0 atom stereocenters. The Hall–Kier alpha value is -3.62. The number of hydrogen-bond donors (Lipinski definition) is 1. The summed E-state index contributed by atoms with van der Waals surface area (Å²) in [6, 6.07) is 39.0. The topological polar surface area (TPSA) is 12.0 Å². The van der Waals surface area contributed by atoms with Crippen LogP contribution in [0.4, 0.5) is 11.4 Å². The molecule has 5 aromatic carbocycles. The summed E-state index contributed by atoms with van der Waals surface area (Å²) in [4.78, 5) is 0. The SMILES string of the molecule is c1ccc(-c2ccc(Nc3ccc4sc5cc6ccccc6cc5c4c3)cc2)cc1. The van der Waals surface area contributed by atoms with Gasteiger partial charge in [0.25, 0.3) is 0 Å². The lowest BCUT2D eigenvalue weighted by molar-refractivity contribution is 1.56. The van der Waals surface area contributed by atoms with E-state index in [1.54, 1.807) is 0 Å². The van der Waals surface area contributed by atoms with Gasteiger partial charge in [-0.2, -0.15) is 0 Å². The zero-order valence-electron chi connectivity index (χ0n) is 16.3. The number of thiophene rings is 1. The average Bonchev–Trinajstić information content (AvgIpc) is 3.15. The predicted molar refractivity (Wildman–Crippen MR) is 132 cm³/mol. The number of benzene rings is 5. The average molecular weight is 402 g/mol. The van der Waals surface area contributed by atoms with Crippen LogP contribution in [-0.2, 0) is 0 Å². The van der Waals surface area contributed by atoms with Crippen molar-refractivity contribution in [1.82, 2.24) is 0 Å². The minimum Gasteiger partial charge on any atom is -0.356 e. The lowest BCUT2D eigenvalue weighted by Crippen LogP contribution is -1.89. The summed E-state index contributed by atoms with van der Waals surface area (Å²) < 4.78 is 2.67. The van der Waals surface area contributed by atoms with Gasteiger partial charge in [-0.3, -0.25) is 0 Å². The van der Waals surface area contributed by atoms with Gasteiger partial charge in [0.1, 0.15) is 0 Å². The lowest BCUT2D eigenvalue weighted by atomic mass is 10.1. The molecule has 6 rings (SSSR count). The first-order valence-electron chi connectivity index (χ1n) is 10.1. The fraction of sp³-hybridized carbons (Fsp3) is 0. The van der Waals surface area contributed by atoms with Gasteiger partial charge in [0.15, 0.2) is 0 Å². The van der Waals surface area contributed by atoms with E-state index in [-0.39, 0.29) is 0 Å². The molecule has 30 heavy (non-hydrogen) atoms. The molecule has 0 saturated carbocycles. The molecule has 142 valence electrons. The molecule has 1 heterocycles. The molecule has 1 aromatic heterocycles. The quantitative estimate of drug-likeness (QED) is 0.313. The Morgan fingerprint density at radius 1 is 0.467 bits per heavy atom. The molecule has 0 spiro atoms. The molecular weight excluding hydrogens is 382 g/mol. The van der Waals surface area contributed by atoms with Gasteiger partial charge in [-0.25, -0.2) is 0 Å². The van der Waals surface area contributed by atoms with Crippen molar-refractivity contribution in [3.63, 3.8) is 0 Å². The molecule has 0 fully saturated rings. The summed E-state index contributed by atoms with van der Waals surface area (Å²) in [6.45, 7) is 0. The van der Waals surface area contributed by atoms with E-state index in [9.17, 15) is 0 Å². The maximum atomic E-state index is 3.57. The van der Waals surface area contributed by atoms with E-state index in [4.69, 9.17) is 0 Å². The van der Waals surface area contributed by atoms with E-state index in [0.717, 1.165) is 11.4 Å². The minimum absolute atomic E-state index is 1.10. The van der Waals surface area contributed by atoms with Gasteiger partial charge < -0.3 is 5.32 Å². The van der Waals surface area contributed by atoms with E-state index in [1.165, 1.54) is 42.1 Å². The molecule has 0 aliphatic heterocycles. The highest BCUT2D eigenvalue weighted by Gasteiger charge is 2.08. The van der Waals surface area contributed by atoms with E-state index < -0.39 is 0 Å². The van der Waals surface area contributed by atoms with Crippen LogP contribution in [0.3, 0.4) is 0 Å². The Morgan fingerprint density at radius 2 is 1.10 bits per heavy atom. The highest BCUT2D eigenvalue weighted by atomic mass is 32.1. The van der Waals surface area contributed by atoms with Gasteiger partial charge >= 0.3 is 0 Å². The summed E-state index contributed by atoms with van der Waals surface area (Å²) in [5.74, 6) is 0. The van der Waals surface area contributed by atoms with Crippen LogP contribution in [0.5, 0.6) is 0 Å². The number of rotatable bonds is 3. The highest BCUT2D eigenvalue weighted by Crippen LogP contribution is 2.38. The number of nitrogens with one attached hydrogen (secondary N) is 1. The fourth-order valence-electron chi connectivity index (χ4n) is 4.08. The second kappa shape index (κ2) is 7.01. The van der Waals surface area contributed by atoms with Crippen LogP contribution >= 0.6 is 11.3 Å². The number of hydrogen-bond acceptors (Lipinski definition) is 2.